The topological polar surface area (TPSA) is 59.6 Å². The van der Waals surface area contributed by atoms with Crippen LogP contribution in [0, 0.1) is 6.92 Å². The summed E-state index contributed by atoms with van der Waals surface area (Å²) in [4.78, 5) is 12.1. The predicted octanol–water partition coefficient (Wildman–Crippen LogP) is 3.35. The van der Waals surface area contributed by atoms with Gasteiger partial charge in [0.25, 0.3) is 0 Å². The number of para-hydroxylation sites is 1. The van der Waals surface area contributed by atoms with Crippen molar-refractivity contribution < 1.29 is 14.3 Å². The summed E-state index contributed by atoms with van der Waals surface area (Å²) in [5.41, 5.74) is 4.53. The van der Waals surface area contributed by atoms with E-state index in [1.807, 2.05) is 24.3 Å². The maximum Gasteiger partial charge on any atom is 0.239 e. The lowest BCUT2D eigenvalue weighted by Crippen LogP contribution is -2.31. The molecule has 0 aliphatic heterocycles. The summed E-state index contributed by atoms with van der Waals surface area (Å²) >= 11 is 0. The number of anilines is 1. The highest BCUT2D eigenvalue weighted by Gasteiger charge is 2.08. The molecule has 0 saturated heterocycles. The van der Waals surface area contributed by atoms with Gasteiger partial charge in [0.15, 0.2) is 11.5 Å². The molecular weight excluding hydrogens is 328 g/mol. The number of ether oxygens (including phenoxy) is 2. The normalized spacial score (nSPS) is 10.3. The number of carbonyl (C=O) groups is 1. The SMILES string of the molecule is CCc1cccc(C)c1NCC(=O)NCCc1ccc(OC)c(OC)c1. The minimum Gasteiger partial charge on any atom is -0.493 e. The number of rotatable bonds is 9. The van der Waals surface area contributed by atoms with Crippen LogP contribution < -0.4 is 20.1 Å². The van der Waals surface area contributed by atoms with Gasteiger partial charge in [0.05, 0.1) is 20.8 Å². The fourth-order valence-corrected chi connectivity index (χ4v) is 2.89. The van der Waals surface area contributed by atoms with Gasteiger partial charge in [-0.05, 0) is 48.6 Å². The lowest BCUT2D eigenvalue weighted by molar-refractivity contribution is -0.119. The van der Waals surface area contributed by atoms with Crippen molar-refractivity contribution in [1.29, 1.82) is 0 Å². The van der Waals surface area contributed by atoms with Gasteiger partial charge in [-0.2, -0.15) is 0 Å². The number of methoxy groups -OCH3 is 2. The monoisotopic (exact) mass is 356 g/mol. The lowest BCUT2D eigenvalue weighted by atomic mass is 10.1. The van der Waals surface area contributed by atoms with E-state index in [0.717, 1.165) is 29.7 Å². The number of amides is 1. The maximum atomic E-state index is 12.1. The molecule has 0 aromatic heterocycles. The van der Waals surface area contributed by atoms with Crippen LogP contribution in [0.4, 0.5) is 5.69 Å². The lowest BCUT2D eigenvalue weighted by Gasteiger charge is -2.14. The highest BCUT2D eigenvalue weighted by molar-refractivity contribution is 5.81. The van der Waals surface area contributed by atoms with Gasteiger partial charge in [-0.3, -0.25) is 4.79 Å². The maximum absolute atomic E-state index is 12.1. The highest BCUT2D eigenvalue weighted by atomic mass is 16.5. The molecule has 2 aromatic carbocycles. The molecule has 0 unspecified atom stereocenters. The van der Waals surface area contributed by atoms with Crippen LogP contribution in [0.3, 0.4) is 0 Å². The molecular formula is C21H28N2O3. The van der Waals surface area contributed by atoms with E-state index < -0.39 is 0 Å². The smallest absolute Gasteiger partial charge is 0.239 e. The third kappa shape index (κ3) is 5.15. The first-order valence-electron chi connectivity index (χ1n) is 8.89. The zero-order valence-corrected chi connectivity index (χ0v) is 16.0. The average Bonchev–Trinajstić information content (AvgIpc) is 2.66. The molecule has 5 heteroatoms. The van der Waals surface area contributed by atoms with Crippen LogP contribution in [-0.4, -0.2) is 33.2 Å². The van der Waals surface area contributed by atoms with E-state index in [9.17, 15) is 4.79 Å². The van der Waals surface area contributed by atoms with Gasteiger partial charge in [-0.1, -0.05) is 31.2 Å². The van der Waals surface area contributed by atoms with E-state index in [2.05, 4.69) is 36.6 Å². The fraction of sp³-hybridized carbons (Fsp3) is 0.381. The second kappa shape index (κ2) is 9.70. The molecule has 1 amide bonds. The van der Waals surface area contributed by atoms with Crippen LogP contribution in [0.1, 0.15) is 23.6 Å². The van der Waals surface area contributed by atoms with E-state index in [1.165, 1.54) is 5.56 Å². The highest BCUT2D eigenvalue weighted by Crippen LogP contribution is 2.27. The molecule has 140 valence electrons. The Labute approximate surface area is 155 Å². The first-order chi connectivity index (χ1) is 12.6. The molecule has 0 aliphatic rings. The molecule has 2 N–H and O–H groups in total. The summed E-state index contributed by atoms with van der Waals surface area (Å²) in [6, 6.07) is 12.0. The average molecular weight is 356 g/mol. The first-order valence-corrected chi connectivity index (χ1v) is 8.89. The van der Waals surface area contributed by atoms with Crippen molar-refractivity contribution in [2.24, 2.45) is 0 Å². The third-order valence-corrected chi connectivity index (χ3v) is 4.35. The zero-order chi connectivity index (χ0) is 18.9. The summed E-state index contributed by atoms with van der Waals surface area (Å²) in [6.45, 7) is 5.01. The van der Waals surface area contributed by atoms with Crippen LogP contribution in [0.25, 0.3) is 0 Å². The third-order valence-electron chi connectivity index (χ3n) is 4.35. The Kier molecular flexibility index (Phi) is 7.33. The minimum absolute atomic E-state index is 0.0178. The number of carbonyl (C=O) groups excluding carboxylic acids is 1. The summed E-state index contributed by atoms with van der Waals surface area (Å²) in [5.74, 6) is 1.38. The molecule has 0 atom stereocenters. The van der Waals surface area contributed by atoms with Crippen molar-refractivity contribution >= 4 is 11.6 Å². The van der Waals surface area contributed by atoms with E-state index >= 15 is 0 Å². The Morgan fingerprint density at radius 1 is 1.08 bits per heavy atom. The number of nitrogens with one attached hydrogen (secondary N) is 2. The Morgan fingerprint density at radius 3 is 2.54 bits per heavy atom. The molecule has 2 aromatic rings. The van der Waals surface area contributed by atoms with Gasteiger partial charge < -0.3 is 20.1 Å². The molecule has 0 fully saturated rings. The molecule has 0 saturated carbocycles. The van der Waals surface area contributed by atoms with Gasteiger partial charge in [-0.15, -0.1) is 0 Å². The van der Waals surface area contributed by atoms with Gasteiger partial charge in [0.2, 0.25) is 5.91 Å². The molecule has 0 spiro atoms. The van der Waals surface area contributed by atoms with E-state index in [0.29, 0.717) is 18.0 Å². The Bertz CT molecular complexity index is 744. The van der Waals surface area contributed by atoms with Crippen molar-refractivity contribution in [3.63, 3.8) is 0 Å². The molecule has 0 aliphatic carbocycles. The van der Waals surface area contributed by atoms with Crippen molar-refractivity contribution in [1.82, 2.24) is 5.32 Å². The van der Waals surface area contributed by atoms with Crippen LogP contribution >= 0.6 is 0 Å². The number of hydrogen-bond acceptors (Lipinski definition) is 4. The second-order valence-electron chi connectivity index (χ2n) is 6.11. The van der Waals surface area contributed by atoms with Crippen LogP contribution in [0.5, 0.6) is 11.5 Å². The Hall–Kier alpha value is -2.69. The quantitative estimate of drug-likeness (QED) is 0.723. The summed E-state index contributed by atoms with van der Waals surface area (Å²) < 4.78 is 10.5. The molecule has 0 radical (unpaired) electrons. The number of benzene rings is 2. The fourth-order valence-electron chi connectivity index (χ4n) is 2.89. The molecule has 26 heavy (non-hydrogen) atoms. The Morgan fingerprint density at radius 2 is 1.85 bits per heavy atom. The summed E-state index contributed by atoms with van der Waals surface area (Å²) in [7, 11) is 3.23. The van der Waals surface area contributed by atoms with Crippen LogP contribution in [0.15, 0.2) is 36.4 Å². The van der Waals surface area contributed by atoms with E-state index in [4.69, 9.17) is 9.47 Å². The first kappa shape index (κ1) is 19.6. The van der Waals surface area contributed by atoms with Crippen molar-refractivity contribution in [2.45, 2.75) is 26.7 Å². The minimum atomic E-state index is -0.0178. The standard InChI is InChI=1S/C21H28N2O3/c1-5-17-8-6-7-15(2)21(17)23-14-20(24)22-12-11-16-9-10-18(25-3)19(13-16)26-4/h6-10,13,23H,5,11-12,14H2,1-4H3,(H,22,24). The van der Waals surface area contributed by atoms with Crippen molar-refractivity contribution in [2.75, 3.05) is 32.6 Å². The van der Waals surface area contributed by atoms with E-state index in [-0.39, 0.29) is 12.5 Å². The van der Waals surface area contributed by atoms with Gasteiger partial charge >= 0.3 is 0 Å². The van der Waals surface area contributed by atoms with Crippen molar-refractivity contribution in [3.05, 3.63) is 53.1 Å². The molecule has 5 nitrogen and oxygen atoms in total. The zero-order valence-electron chi connectivity index (χ0n) is 16.0. The van der Waals surface area contributed by atoms with Crippen LogP contribution in [-0.2, 0) is 17.6 Å². The predicted molar refractivity (Wildman–Crippen MR) is 105 cm³/mol. The number of aryl methyl sites for hydroxylation is 2. The van der Waals surface area contributed by atoms with Gasteiger partial charge in [0, 0.05) is 12.2 Å². The molecule has 2 rings (SSSR count). The molecule has 0 heterocycles. The summed E-state index contributed by atoms with van der Waals surface area (Å²) in [6.07, 6.45) is 1.67. The summed E-state index contributed by atoms with van der Waals surface area (Å²) in [5, 5.41) is 6.22. The number of hydrogen-bond donors (Lipinski definition) is 2. The van der Waals surface area contributed by atoms with E-state index in [1.54, 1.807) is 14.2 Å². The molecule has 0 bridgehead atoms. The van der Waals surface area contributed by atoms with Crippen molar-refractivity contribution in [3.8, 4) is 11.5 Å². The van der Waals surface area contributed by atoms with Gasteiger partial charge in [-0.25, -0.2) is 0 Å². The second-order valence-corrected chi connectivity index (χ2v) is 6.11. The largest absolute Gasteiger partial charge is 0.493 e. The Balaban J connectivity index is 1.83. The van der Waals surface area contributed by atoms with Gasteiger partial charge in [0.1, 0.15) is 0 Å². The van der Waals surface area contributed by atoms with Crippen LogP contribution in [0.2, 0.25) is 0 Å².